The molecule has 2 rings (SSSR count). The first-order valence-electron chi connectivity index (χ1n) is 6.74. The SMILES string of the molecule is CCN(Cc1ccc(CNC(C)C)o1)C1CC1. The molecule has 1 heterocycles. The van der Waals surface area contributed by atoms with E-state index in [1.54, 1.807) is 0 Å². The van der Waals surface area contributed by atoms with E-state index in [9.17, 15) is 0 Å². The van der Waals surface area contributed by atoms with Gasteiger partial charge in [-0.1, -0.05) is 20.8 Å². The van der Waals surface area contributed by atoms with E-state index in [0.717, 1.165) is 37.2 Å². The van der Waals surface area contributed by atoms with Crippen LogP contribution in [0.1, 0.15) is 45.1 Å². The van der Waals surface area contributed by atoms with Crippen LogP contribution in [0.15, 0.2) is 16.5 Å². The van der Waals surface area contributed by atoms with Gasteiger partial charge in [0, 0.05) is 12.1 Å². The van der Waals surface area contributed by atoms with Gasteiger partial charge in [-0.05, 0) is 31.5 Å². The maximum absolute atomic E-state index is 5.84. The molecule has 1 aromatic heterocycles. The van der Waals surface area contributed by atoms with Crippen LogP contribution in [0.4, 0.5) is 0 Å². The minimum Gasteiger partial charge on any atom is -0.463 e. The van der Waals surface area contributed by atoms with Crippen LogP contribution in [0, 0.1) is 0 Å². The van der Waals surface area contributed by atoms with E-state index in [1.807, 2.05) is 0 Å². The monoisotopic (exact) mass is 236 g/mol. The summed E-state index contributed by atoms with van der Waals surface area (Å²) in [6.45, 7) is 9.43. The summed E-state index contributed by atoms with van der Waals surface area (Å²) in [5.41, 5.74) is 0. The van der Waals surface area contributed by atoms with Crippen molar-refractivity contribution in [3.05, 3.63) is 23.7 Å². The van der Waals surface area contributed by atoms with Crippen LogP contribution < -0.4 is 5.32 Å². The summed E-state index contributed by atoms with van der Waals surface area (Å²) >= 11 is 0. The summed E-state index contributed by atoms with van der Waals surface area (Å²) in [6.07, 6.45) is 2.71. The molecule has 1 saturated carbocycles. The van der Waals surface area contributed by atoms with Crippen molar-refractivity contribution in [3.63, 3.8) is 0 Å². The van der Waals surface area contributed by atoms with Crippen LogP contribution in [0.5, 0.6) is 0 Å². The lowest BCUT2D eigenvalue weighted by molar-refractivity contribution is 0.242. The van der Waals surface area contributed by atoms with E-state index < -0.39 is 0 Å². The van der Waals surface area contributed by atoms with Gasteiger partial charge < -0.3 is 9.73 Å². The highest BCUT2D eigenvalue weighted by Gasteiger charge is 2.28. The van der Waals surface area contributed by atoms with Crippen molar-refractivity contribution >= 4 is 0 Å². The fraction of sp³-hybridized carbons (Fsp3) is 0.714. The summed E-state index contributed by atoms with van der Waals surface area (Å²) in [5, 5.41) is 3.37. The van der Waals surface area contributed by atoms with Crippen molar-refractivity contribution in [2.24, 2.45) is 0 Å². The summed E-state index contributed by atoms with van der Waals surface area (Å²) < 4.78 is 5.84. The molecule has 0 aliphatic heterocycles. The standard InChI is InChI=1S/C14H24N2O/c1-4-16(12-5-6-12)10-14-8-7-13(17-14)9-15-11(2)3/h7-8,11-12,15H,4-6,9-10H2,1-3H3. The van der Waals surface area contributed by atoms with Crippen molar-refractivity contribution < 1.29 is 4.42 Å². The summed E-state index contributed by atoms with van der Waals surface area (Å²) in [6, 6.07) is 5.51. The molecule has 96 valence electrons. The third-order valence-corrected chi connectivity index (χ3v) is 3.23. The number of hydrogen-bond acceptors (Lipinski definition) is 3. The Morgan fingerprint density at radius 1 is 1.35 bits per heavy atom. The second-order valence-electron chi connectivity index (χ2n) is 5.20. The van der Waals surface area contributed by atoms with Gasteiger partial charge in [0.2, 0.25) is 0 Å². The number of furan rings is 1. The van der Waals surface area contributed by atoms with E-state index in [0.29, 0.717) is 6.04 Å². The Labute approximate surface area is 104 Å². The predicted octanol–water partition coefficient (Wildman–Crippen LogP) is 2.76. The average molecular weight is 236 g/mol. The third kappa shape index (κ3) is 3.86. The van der Waals surface area contributed by atoms with Gasteiger partial charge in [-0.25, -0.2) is 0 Å². The van der Waals surface area contributed by atoms with Crippen molar-refractivity contribution in [1.82, 2.24) is 10.2 Å². The van der Waals surface area contributed by atoms with Gasteiger partial charge in [0.15, 0.2) is 0 Å². The number of nitrogens with zero attached hydrogens (tertiary/aromatic N) is 1. The number of hydrogen-bond donors (Lipinski definition) is 1. The van der Waals surface area contributed by atoms with E-state index >= 15 is 0 Å². The molecule has 0 saturated heterocycles. The molecule has 3 heteroatoms. The normalized spacial score (nSPS) is 16.1. The fourth-order valence-corrected chi connectivity index (χ4v) is 2.05. The lowest BCUT2D eigenvalue weighted by Gasteiger charge is -2.17. The molecule has 1 aromatic rings. The van der Waals surface area contributed by atoms with Crippen LogP contribution >= 0.6 is 0 Å². The molecule has 0 amide bonds. The Bertz CT molecular complexity index is 342. The molecule has 0 bridgehead atoms. The molecule has 1 aliphatic carbocycles. The second-order valence-corrected chi connectivity index (χ2v) is 5.20. The summed E-state index contributed by atoms with van der Waals surface area (Å²) in [4.78, 5) is 2.50. The maximum Gasteiger partial charge on any atom is 0.118 e. The Kier molecular flexibility index (Phi) is 4.24. The lowest BCUT2D eigenvalue weighted by atomic mass is 10.3. The first-order valence-corrected chi connectivity index (χ1v) is 6.74. The first-order chi connectivity index (χ1) is 8.19. The van der Waals surface area contributed by atoms with Gasteiger partial charge in [-0.3, -0.25) is 4.90 Å². The zero-order chi connectivity index (χ0) is 12.3. The molecule has 0 atom stereocenters. The molecular formula is C14H24N2O. The smallest absolute Gasteiger partial charge is 0.118 e. The van der Waals surface area contributed by atoms with Gasteiger partial charge in [0.25, 0.3) is 0 Å². The summed E-state index contributed by atoms with van der Waals surface area (Å²) in [5.74, 6) is 2.14. The lowest BCUT2D eigenvalue weighted by Crippen LogP contribution is -2.24. The van der Waals surface area contributed by atoms with Crippen molar-refractivity contribution in [2.45, 2.75) is 58.8 Å². The maximum atomic E-state index is 5.84. The highest BCUT2D eigenvalue weighted by atomic mass is 16.3. The highest BCUT2D eigenvalue weighted by molar-refractivity contribution is 5.07. The molecule has 0 spiro atoms. The van der Waals surface area contributed by atoms with Crippen LogP contribution in [-0.4, -0.2) is 23.5 Å². The van der Waals surface area contributed by atoms with E-state index in [1.165, 1.54) is 12.8 Å². The van der Waals surface area contributed by atoms with E-state index in [2.05, 4.69) is 43.1 Å². The van der Waals surface area contributed by atoms with Crippen molar-refractivity contribution in [2.75, 3.05) is 6.54 Å². The van der Waals surface area contributed by atoms with Gasteiger partial charge >= 0.3 is 0 Å². The largest absolute Gasteiger partial charge is 0.463 e. The number of rotatable bonds is 7. The molecule has 1 N–H and O–H groups in total. The summed E-state index contributed by atoms with van der Waals surface area (Å²) in [7, 11) is 0. The third-order valence-electron chi connectivity index (χ3n) is 3.23. The van der Waals surface area contributed by atoms with Crippen molar-refractivity contribution in [3.8, 4) is 0 Å². The Hall–Kier alpha value is -0.800. The minimum absolute atomic E-state index is 0.502. The van der Waals surface area contributed by atoms with Gasteiger partial charge in [-0.2, -0.15) is 0 Å². The first kappa shape index (κ1) is 12.7. The second kappa shape index (κ2) is 5.69. The van der Waals surface area contributed by atoms with Crippen LogP contribution in [0.3, 0.4) is 0 Å². The zero-order valence-electron chi connectivity index (χ0n) is 11.2. The van der Waals surface area contributed by atoms with Gasteiger partial charge in [0.1, 0.15) is 11.5 Å². The fourth-order valence-electron chi connectivity index (χ4n) is 2.05. The van der Waals surface area contributed by atoms with Crippen LogP contribution in [0.25, 0.3) is 0 Å². The molecular weight excluding hydrogens is 212 g/mol. The Balaban J connectivity index is 1.84. The highest BCUT2D eigenvalue weighted by Crippen LogP contribution is 2.28. The predicted molar refractivity (Wildman–Crippen MR) is 69.8 cm³/mol. The van der Waals surface area contributed by atoms with Gasteiger partial charge in [-0.15, -0.1) is 0 Å². The molecule has 0 radical (unpaired) electrons. The molecule has 3 nitrogen and oxygen atoms in total. The topological polar surface area (TPSA) is 28.4 Å². The van der Waals surface area contributed by atoms with Crippen LogP contribution in [-0.2, 0) is 13.1 Å². The van der Waals surface area contributed by atoms with E-state index in [-0.39, 0.29) is 0 Å². The Morgan fingerprint density at radius 3 is 2.65 bits per heavy atom. The molecule has 1 fully saturated rings. The van der Waals surface area contributed by atoms with Crippen LogP contribution in [0.2, 0.25) is 0 Å². The van der Waals surface area contributed by atoms with Gasteiger partial charge in [0.05, 0.1) is 13.1 Å². The molecule has 17 heavy (non-hydrogen) atoms. The number of nitrogens with one attached hydrogen (secondary N) is 1. The molecule has 0 aromatic carbocycles. The van der Waals surface area contributed by atoms with Crippen molar-refractivity contribution in [1.29, 1.82) is 0 Å². The van der Waals surface area contributed by atoms with E-state index in [4.69, 9.17) is 4.42 Å². The quantitative estimate of drug-likeness (QED) is 0.789. The average Bonchev–Trinajstić information content (AvgIpc) is 3.04. The molecule has 1 aliphatic rings. The molecule has 0 unspecified atom stereocenters. The zero-order valence-corrected chi connectivity index (χ0v) is 11.2. The Morgan fingerprint density at radius 2 is 2.06 bits per heavy atom. The minimum atomic E-state index is 0.502.